The van der Waals surface area contributed by atoms with Crippen molar-refractivity contribution >= 4 is 11.6 Å². The molecule has 0 aromatic carbocycles. The highest BCUT2D eigenvalue weighted by Crippen LogP contribution is 2.33. The van der Waals surface area contributed by atoms with E-state index < -0.39 is 0 Å². The minimum atomic E-state index is 0.340. The van der Waals surface area contributed by atoms with Crippen LogP contribution in [0, 0.1) is 0 Å². The molecule has 2 heterocycles. The third-order valence-corrected chi connectivity index (χ3v) is 4.69. The molecule has 0 unspecified atom stereocenters. The highest BCUT2D eigenvalue weighted by atomic mass is 35.5. The Balaban J connectivity index is 1.67. The lowest BCUT2D eigenvalue weighted by Crippen LogP contribution is -2.31. The summed E-state index contributed by atoms with van der Waals surface area (Å²) in [6.45, 7) is 2.22. The van der Waals surface area contributed by atoms with Gasteiger partial charge >= 0.3 is 0 Å². The van der Waals surface area contributed by atoms with Crippen LogP contribution in [0.4, 0.5) is 0 Å². The SMILES string of the molecule is CN1CCC(n2ncc(OC3CCCC3)c2Cl)CC1. The highest BCUT2D eigenvalue weighted by Gasteiger charge is 2.24. The first-order valence-corrected chi connectivity index (χ1v) is 7.70. The Bertz CT molecular complexity index is 420. The number of hydrogen-bond donors (Lipinski definition) is 0. The number of halogens is 1. The number of hydrogen-bond acceptors (Lipinski definition) is 3. The van der Waals surface area contributed by atoms with Gasteiger partial charge in [0.25, 0.3) is 0 Å². The molecule has 2 aliphatic rings. The van der Waals surface area contributed by atoms with Gasteiger partial charge in [0.05, 0.1) is 18.3 Å². The molecule has 2 fully saturated rings. The van der Waals surface area contributed by atoms with E-state index in [4.69, 9.17) is 16.3 Å². The minimum Gasteiger partial charge on any atom is -0.486 e. The maximum atomic E-state index is 6.43. The van der Waals surface area contributed by atoms with Crippen molar-refractivity contribution in [1.29, 1.82) is 0 Å². The summed E-state index contributed by atoms with van der Waals surface area (Å²) in [5.41, 5.74) is 0. The van der Waals surface area contributed by atoms with Crippen molar-refractivity contribution in [3.05, 3.63) is 11.3 Å². The van der Waals surface area contributed by atoms with Crippen LogP contribution < -0.4 is 4.74 Å². The van der Waals surface area contributed by atoms with Gasteiger partial charge in [-0.05, 0) is 58.7 Å². The summed E-state index contributed by atoms with van der Waals surface area (Å²) in [4.78, 5) is 2.35. The van der Waals surface area contributed by atoms with E-state index in [-0.39, 0.29) is 0 Å². The van der Waals surface area contributed by atoms with Crippen molar-refractivity contribution in [2.45, 2.75) is 50.7 Å². The summed E-state index contributed by atoms with van der Waals surface area (Å²) in [6.07, 6.45) is 9.19. The Morgan fingerprint density at radius 1 is 1.21 bits per heavy atom. The number of aromatic nitrogens is 2. The molecule has 19 heavy (non-hydrogen) atoms. The molecule has 4 nitrogen and oxygen atoms in total. The fourth-order valence-electron chi connectivity index (χ4n) is 3.09. The summed E-state index contributed by atoms with van der Waals surface area (Å²) in [5.74, 6) is 0.771. The number of likely N-dealkylation sites (tertiary alicyclic amines) is 1. The first kappa shape index (κ1) is 13.3. The molecule has 106 valence electrons. The fraction of sp³-hybridized carbons (Fsp3) is 0.786. The van der Waals surface area contributed by atoms with E-state index in [0.29, 0.717) is 17.3 Å². The second-order valence-electron chi connectivity index (χ2n) is 5.80. The molecular weight excluding hydrogens is 262 g/mol. The first-order valence-electron chi connectivity index (χ1n) is 7.32. The molecule has 3 rings (SSSR count). The fourth-order valence-corrected chi connectivity index (χ4v) is 3.37. The zero-order valence-electron chi connectivity index (χ0n) is 11.5. The average Bonchev–Trinajstić information content (AvgIpc) is 3.03. The smallest absolute Gasteiger partial charge is 0.176 e. The average molecular weight is 284 g/mol. The van der Waals surface area contributed by atoms with Crippen molar-refractivity contribution in [3.8, 4) is 5.75 Å². The molecule has 1 saturated carbocycles. The van der Waals surface area contributed by atoms with Gasteiger partial charge in [-0.1, -0.05) is 11.6 Å². The maximum Gasteiger partial charge on any atom is 0.176 e. The van der Waals surface area contributed by atoms with Crippen LogP contribution in [0.1, 0.15) is 44.6 Å². The highest BCUT2D eigenvalue weighted by molar-refractivity contribution is 6.31. The van der Waals surface area contributed by atoms with Crippen LogP contribution in [0.5, 0.6) is 5.75 Å². The molecule has 0 spiro atoms. The standard InChI is InChI=1S/C14H22ClN3O/c1-17-8-6-11(7-9-17)18-14(15)13(10-16-18)19-12-4-2-3-5-12/h10-12H,2-9H2,1H3. The first-order chi connectivity index (χ1) is 9.24. The lowest BCUT2D eigenvalue weighted by molar-refractivity contribution is 0.204. The van der Waals surface area contributed by atoms with E-state index in [1.54, 1.807) is 6.20 Å². The van der Waals surface area contributed by atoms with Gasteiger partial charge in [0.1, 0.15) is 0 Å². The van der Waals surface area contributed by atoms with Crippen molar-refractivity contribution in [3.63, 3.8) is 0 Å². The quantitative estimate of drug-likeness (QED) is 0.854. The Morgan fingerprint density at radius 2 is 1.89 bits per heavy atom. The van der Waals surface area contributed by atoms with Gasteiger partial charge in [-0.3, -0.25) is 0 Å². The topological polar surface area (TPSA) is 30.3 Å². The monoisotopic (exact) mass is 283 g/mol. The van der Waals surface area contributed by atoms with E-state index in [9.17, 15) is 0 Å². The van der Waals surface area contributed by atoms with Crippen LogP contribution in [0.15, 0.2) is 6.20 Å². The van der Waals surface area contributed by atoms with Crippen molar-refractivity contribution in [1.82, 2.24) is 14.7 Å². The Kier molecular flexibility index (Phi) is 3.99. The molecule has 0 atom stereocenters. The van der Waals surface area contributed by atoms with Crippen LogP contribution in [0.2, 0.25) is 5.15 Å². The molecular formula is C14H22ClN3O. The predicted molar refractivity (Wildman–Crippen MR) is 75.9 cm³/mol. The van der Waals surface area contributed by atoms with Gasteiger partial charge in [0, 0.05) is 0 Å². The van der Waals surface area contributed by atoms with Gasteiger partial charge in [-0.15, -0.1) is 0 Å². The number of piperidine rings is 1. The maximum absolute atomic E-state index is 6.43. The largest absolute Gasteiger partial charge is 0.486 e. The molecule has 1 aliphatic heterocycles. The van der Waals surface area contributed by atoms with Crippen LogP contribution in [0.3, 0.4) is 0 Å². The number of nitrogens with zero attached hydrogens (tertiary/aromatic N) is 3. The molecule has 0 radical (unpaired) electrons. The van der Waals surface area contributed by atoms with Crippen molar-refractivity contribution in [2.24, 2.45) is 0 Å². The molecule has 0 amide bonds. The van der Waals surface area contributed by atoms with E-state index >= 15 is 0 Å². The summed E-state index contributed by atoms with van der Waals surface area (Å²) in [7, 11) is 2.16. The molecule has 5 heteroatoms. The van der Waals surface area contributed by atoms with Crippen LogP contribution in [-0.4, -0.2) is 40.9 Å². The van der Waals surface area contributed by atoms with Crippen LogP contribution in [-0.2, 0) is 0 Å². The van der Waals surface area contributed by atoms with Gasteiger partial charge in [0.2, 0.25) is 0 Å². The molecule has 0 bridgehead atoms. The minimum absolute atomic E-state index is 0.340. The van der Waals surface area contributed by atoms with E-state index in [1.165, 1.54) is 12.8 Å². The third-order valence-electron chi connectivity index (χ3n) is 4.33. The Hall–Kier alpha value is -0.740. The molecule has 0 N–H and O–H groups in total. The van der Waals surface area contributed by atoms with Crippen molar-refractivity contribution in [2.75, 3.05) is 20.1 Å². The van der Waals surface area contributed by atoms with Crippen LogP contribution >= 0.6 is 11.6 Å². The predicted octanol–water partition coefficient (Wildman–Crippen LogP) is 3.12. The number of rotatable bonds is 3. The number of ether oxygens (including phenoxy) is 1. The Labute approximate surface area is 119 Å². The zero-order chi connectivity index (χ0) is 13.2. The van der Waals surface area contributed by atoms with Gasteiger partial charge in [-0.2, -0.15) is 5.10 Å². The van der Waals surface area contributed by atoms with Gasteiger partial charge < -0.3 is 9.64 Å². The molecule has 1 aromatic heterocycles. The molecule has 1 saturated heterocycles. The molecule has 1 aromatic rings. The van der Waals surface area contributed by atoms with Crippen molar-refractivity contribution < 1.29 is 4.74 Å². The lowest BCUT2D eigenvalue weighted by Gasteiger charge is -2.29. The third kappa shape index (κ3) is 2.90. The van der Waals surface area contributed by atoms with E-state index in [0.717, 1.165) is 44.5 Å². The summed E-state index contributed by atoms with van der Waals surface area (Å²) >= 11 is 6.43. The lowest BCUT2D eigenvalue weighted by atomic mass is 10.1. The second-order valence-corrected chi connectivity index (χ2v) is 6.16. The Morgan fingerprint density at radius 3 is 2.58 bits per heavy atom. The second kappa shape index (κ2) is 5.71. The summed E-state index contributed by atoms with van der Waals surface area (Å²) in [6, 6.07) is 0.421. The summed E-state index contributed by atoms with van der Waals surface area (Å²) < 4.78 is 7.93. The summed E-state index contributed by atoms with van der Waals surface area (Å²) in [5, 5.41) is 5.13. The van der Waals surface area contributed by atoms with Crippen LogP contribution in [0.25, 0.3) is 0 Å². The normalized spacial score (nSPS) is 23.1. The zero-order valence-corrected chi connectivity index (χ0v) is 12.3. The van der Waals surface area contributed by atoms with E-state index in [1.807, 2.05) is 4.68 Å². The van der Waals surface area contributed by atoms with Gasteiger partial charge in [0.15, 0.2) is 10.9 Å². The molecule has 1 aliphatic carbocycles. The van der Waals surface area contributed by atoms with Gasteiger partial charge in [-0.25, -0.2) is 4.68 Å². The van der Waals surface area contributed by atoms with E-state index in [2.05, 4.69) is 17.0 Å².